The topological polar surface area (TPSA) is 24.5 Å². The molecule has 0 saturated heterocycles. The molecule has 0 aliphatic carbocycles. The van der Waals surface area contributed by atoms with Crippen molar-refractivity contribution in [3.05, 3.63) is 23.8 Å². The molecule has 0 amide bonds. The fraction of sp³-hybridized carbons (Fsp3) is 0.500. The molecule has 3 heteroatoms. The lowest BCUT2D eigenvalue weighted by Crippen LogP contribution is -2.39. The molecular weight excluding hydrogens is 188 g/mol. The average molecular weight is 206 g/mol. The maximum atomic E-state index is 5.20. The first-order chi connectivity index (χ1) is 7.20. The lowest BCUT2D eigenvalue weighted by molar-refractivity contribution is 0.299. The molecule has 0 saturated carbocycles. The number of likely N-dealkylation sites (N-methyl/N-ethyl adjacent to an activating group) is 1. The third-order valence-electron chi connectivity index (χ3n) is 3.03. The molecule has 1 aliphatic rings. The molecule has 1 heterocycles. The van der Waals surface area contributed by atoms with Crippen molar-refractivity contribution in [3.63, 3.8) is 0 Å². The molecule has 0 radical (unpaired) electrons. The minimum Gasteiger partial charge on any atom is -0.497 e. The van der Waals surface area contributed by atoms with Crippen molar-refractivity contribution in [2.75, 3.05) is 33.1 Å². The van der Waals surface area contributed by atoms with Crippen molar-refractivity contribution in [1.82, 2.24) is 4.90 Å². The Hall–Kier alpha value is -1.22. The quantitative estimate of drug-likeness (QED) is 0.795. The zero-order valence-corrected chi connectivity index (χ0v) is 9.58. The van der Waals surface area contributed by atoms with Crippen LogP contribution in [0.15, 0.2) is 18.2 Å². The zero-order valence-electron chi connectivity index (χ0n) is 9.58. The van der Waals surface area contributed by atoms with Crippen molar-refractivity contribution in [2.45, 2.75) is 12.5 Å². The number of benzene rings is 1. The van der Waals surface area contributed by atoms with E-state index in [0.29, 0.717) is 6.04 Å². The molecule has 1 unspecified atom stereocenters. The Morgan fingerprint density at radius 1 is 1.40 bits per heavy atom. The largest absolute Gasteiger partial charge is 0.497 e. The van der Waals surface area contributed by atoms with Gasteiger partial charge >= 0.3 is 0 Å². The van der Waals surface area contributed by atoms with Crippen LogP contribution in [-0.2, 0) is 6.42 Å². The molecule has 0 spiro atoms. The number of anilines is 1. The molecule has 1 aliphatic heterocycles. The molecule has 1 aromatic rings. The number of rotatable bonds is 2. The third-order valence-corrected chi connectivity index (χ3v) is 3.03. The maximum Gasteiger partial charge on any atom is 0.120 e. The van der Waals surface area contributed by atoms with E-state index < -0.39 is 0 Å². The Morgan fingerprint density at radius 3 is 2.87 bits per heavy atom. The molecule has 1 aromatic carbocycles. The fourth-order valence-electron chi connectivity index (χ4n) is 1.94. The number of nitrogens with one attached hydrogen (secondary N) is 1. The molecule has 1 N–H and O–H groups in total. The number of hydrogen-bond acceptors (Lipinski definition) is 3. The first-order valence-corrected chi connectivity index (χ1v) is 5.28. The van der Waals surface area contributed by atoms with Crippen molar-refractivity contribution in [1.29, 1.82) is 0 Å². The van der Waals surface area contributed by atoms with E-state index in [1.54, 1.807) is 7.11 Å². The molecule has 1 atom stereocenters. The van der Waals surface area contributed by atoms with Gasteiger partial charge in [0.15, 0.2) is 0 Å². The number of methoxy groups -OCH3 is 1. The van der Waals surface area contributed by atoms with Gasteiger partial charge in [-0.1, -0.05) is 6.07 Å². The number of fused-ring (bicyclic) bond motifs is 1. The van der Waals surface area contributed by atoms with E-state index >= 15 is 0 Å². The summed E-state index contributed by atoms with van der Waals surface area (Å²) < 4.78 is 5.20. The Labute approximate surface area is 91.0 Å². The second kappa shape index (κ2) is 4.11. The number of ether oxygens (including phenoxy) is 1. The molecule has 2 rings (SSSR count). The highest BCUT2D eigenvalue weighted by atomic mass is 16.5. The summed E-state index contributed by atoms with van der Waals surface area (Å²) in [6.45, 7) is 1.01. The van der Waals surface area contributed by atoms with Gasteiger partial charge in [0.05, 0.1) is 7.11 Å². The van der Waals surface area contributed by atoms with Gasteiger partial charge in [-0.25, -0.2) is 0 Å². The summed E-state index contributed by atoms with van der Waals surface area (Å²) >= 11 is 0. The van der Waals surface area contributed by atoms with Crippen LogP contribution < -0.4 is 10.1 Å². The van der Waals surface area contributed by atoms with Gasteiger partial charge in [0.2, 0.25) is 0 Å². The maximum absolute atomic E-state index is 5.20. The van der Waals surface area contributed by atoms with Crippen LogP contribution in [0.4, 0.5) is 5.69 Å². The molecule has 0 fully saturated rings. The molecule has 82 valence electrons. The van der Waals surface area contributed by atoms with Gasteiger partial charge in [0, 0.05) is 24.3 Å². The van der Waals surface area contributed by atoms with E-state index in [2.05, 4.69) is 36.4 Å². The number of hydrogen-bond donors (Lipinski definition) is 1. The van der Waals surface area contributed by atoms with Gasteiger partial charge in [-0.3, -0.25) is 0 Å². The highest BCUT2D eigenvalue weighted by molar-refractivity contribution is 5.57. The Kier molecular flexibility index (Phi) is 2.82. The van der Waals surface area contributed by atoms with Crippen LogP contribution in [0.2, 0.25) is 0 Å². The second-order valence-electron chi connectivity index (χ2n) is 4.23. The number of nitrogens with zero attached hydrogens (tertiary/aromatic N) is 1. The first kappa shape index (κ1) is 10.3. The Balaban J connectivity index is 2.21. The second-order valence-corrected chi connectivity index (χ2v) is 4.23. The first-order valence-electron chi connectivity index (χ1n) is 5.28. The van der Waals surface area contributed by atoms with Gasteiger partial charge in [0.1, 0.15) is 5.75 Å². The van der Waals surface area contributed by atoms with E-state index in [0.717, 1.165) is 18.7 Å². The summed E-state index contributed by atoms with van der Waals surface area (Å²) in [5, 5.41) is 3.45. The predicted octanol–water partition coefficient (Wildman–Crippen LogP) is 1.59. The van der Waals surface area contributed by atoms with Gasteiger partial charge < -0.3 is 15.0 Å². The standard InChI is InChI=1S/C12H18N2O/c1-14(2)10-6-9-4-5-11(15-3)7-12(9)13-8-10/h4-5,7,10,13H,6,8H2,1-3H3. The normalized spacial score (nSPS) is 19.6. The van der Waals surface area contributed by atoms with Gasteiger partial charge in [-0.15, -0.1) is 0 Å². The summed E-state index contributed by atoms with van der Waals surface area (Å²) in [5.41, 5.74) is 2.59. The lowest BCUT2D eigenvalue weighted by atomic mass is 9.99. The highest BCUT2D eigenvalue weighted by Crippen LogP contribution is 2.27. The van der Waals surface area contributed by atoms with Crippen LogP contribution in [0.5, 0.6) is 5.75 Å². The average Bonchev–Trinajstić information content (AvgIpc) is 2.27. The van der Waals surface area contributed by atoms with Crippen LogP contribution >= 0.6 is 0 Å². The molecule has 0 aromatic heterocycles. The summed E-state index contributed by atoms with van der Waals surface area (Å²) in [4.78, 5) is 2.26. The van der Waals surface area contributed by atoms with Crippen molar-refractivity contribution in [2.24, 2.45) is 0 Å². The van der Waals surface area contributed by atoms with Crippen molar-refractivity contribution >= 4 is 5.69 Å². The van der Waals surface area contributed by atoms with Crippen molar-refractivity contribution < 1.29 is 4.74 Å². The summed E-state index contributed by atoms with van der Waals surface area (Å²) in [5.74, 6) is 0.921. The van der Waals surface area contributed by atoms with Crippen LogP contribution in [-0.4, -0.2) is 38.7 Å². The minimum absolute atomic E-state index is 0.589. The van der Waals surface area contributed by atoms with Gasteiger partial charge in [-0.05, 0) is 32.1 Å². The van der Waals surface area contributed by atoms with E-state index in [-0.39, 0.29) is 0 Å². The Morgan fingerprint density at radius 2 is 2.20 bits per heavy atom. The zero-order chi connectivity index (χ0) is 10.8. The Bertz CT molecular complexity index is 349. The molecule has 15 heavy (non-hydrogen) atoms. The predicted molar refractivity (Wildman–Crippen MR) is 62.7 cm³/mol. The monoisotopic (exact) mass is 206 g/mol. The summed E-state index contributed by atoms with van der Waals surface area (Å²) in [6.07, 6.45) is 1.11. The van der Waals surface area contributed by atoms with Gasteiger partial charge in [0.25, 0.3) is 0 Å². The van der Waals surface area contributed by atoms with E-state index in [1.807, 2.05) is 6.07 Å². The van der Waals surface area contributed by atoms with Crippen LogP contribution in [0.1, 0.15) is 5.56 Å². The lowest BCUT2D eigenvalue weighted by Gasteiger charge is -2.31. The van der Waals surface area contributed by atoms with E-state index in [4.69, 9.17) is 4.74 Å². The van der Waals surface area contributed by atoms with Crippen LogP contribution in [0.3, 0.4) is 0 Å². The van der Waals surface area contributed by atoms with Crippen LogP contribution in [0.25, 0.3) is 0 Å². The smallest absolute Gasteiger partial charge is 0.120 e. The molecular formula is C12H18N2O. The summed E-state index contributed by atoms with van der Waals surface area (Å²) in [7, 11) is 5.95. The van der Waals surface area contributed by atoms with Crippen LogP contribution in [0, 0.1) is 0 Å². The van der Waals surface area contributed by atoms with Crippen molar-refractivity contribution in [3.8, 4) is 5.75 Å². The molecule has 0 bridgehead atoms. The van der Waals surface area contributed by atoms with Gasteiger partial charge in [-0.2, -0.15) is 0 Å². The summed E-state index contributed by atoms with van der Waals surface area (Å²) in [6, 6.07) is 6.84. The SMILES string of the molecule is COc1ccc2c(c1)NCC(N(C)C)C2. The van der Waals surface area contributed by atoms with E-state index in [1.165, 1.54) is 11.3 Å². The molecule has 3 nitrogen and oxygen atoms in total. The highest BCUT2D eigenvalue weighted by Gasteiger charge is 2.19. The minimum atomic E-state index is 0.589. The fourth-order valence-corrected chi connectivity index (χ4v) is 1.94. The third kappa shape index (κ3) is 2.07. The van der Waals surface area contributed by atoms with E-state index in [9.17, 15) is 0 Å².